The molecule has 2 atom stereocenters. The summed E-state index contributed by atoms with van der Waals surface area (Å²) in [6.45, 7) is 5.46. The Morgan fingerprint density at radius 1 is 1.53 bits per heavy atom. The Morgan fingerprint density at radius 3 is 2.71 bits per heavy atom. The topological polar surface area (TPSA) is 73.4 Å². The van der Waals surface area contributed by atoms with Crippen LogP contribution >= 0.6 is 0 Å². The average Bonchev–Trinajstić information content (AvgIpc) is 2.62. The summed E-state index contributed by atoms with van der Waals surface area (Å²) in [5.41, 5.74) is 5.50. The first kappa shape index (κ1) is 11.9. The highest BCUT2D eigenvalue weighted by Crippen LogP contribution is 2.11. The van der Waals surface area contributed by atoms with Crippen LogP contribution in [0.1, 0.15) is 13.8 Å². The maximum Gasteiger partial charge on any atom is 0.244 e. The number of rotatable bonds is 2. The smallest absolute Gasteiger partial charge is 0.244 e. The highest BCUT2D eigenvalue weighted by molar-refractivity contribution is 5.76. The molecule has 2 heterocycles. The van der Waals surface area contributed by atoms with E-state index in [1.54, 1.807) is 16.9 Å². The van der Waals surface area contributed by atoms with Crippen LogP contribution < -0.4 is 5.73 Å². The van der Waals surface area contributed by atoms with E-state index in [9.17, 15) is 4.79 Å². The summed E-state index contributed by atoms with van der Waals surface area (Å²) < 4.78 is 7.14. The second-order valence-electron chi connectivity index (χ2n) is 4.49. The monoisotopic (exact) mass is 238 g/mol. The van der Waals surface area contributed by atoms with E-state index in [0.717, 1.165) is 0 Å². The summed E-state index contributed by atoms with van der Waals surface area (Å²) in [5.74, 6) is 0.483. The van der Waals surface area contributed by atoms with Gasteiger partial charge >= 0.3 is 0 Å². The molecule has 6 heteroatoms. The van der Waals surface area contributed by atoms with Gasteiger partial charge in [0.2, 0.25) is 5.91 Å². The van der Waals surface area contributed by atoms with E-state index in [4.69, 9.17) is 10.5 Å². The molecule has 0 unspecified atom stereocenters. The Bertz CT molecular complexity index is 394. The fraction of sp³-hybridized carbons (Fsp3) is 0.636. The highest BCUT2D eigenvalue weighted by atomic mass is 16.5. The van der Waals surface area contributed by atoms with Crippen molar-refractivity contribution in [1.82, 2.24) is 14.7 Å². The fourth-order valence-corrected chi connectivity index (χ4v) is 2.09. The van der Waals surface area contributed by atoms with E-state index in [1.165, 1.54) is 0 Å². The lowest BCUT2D eigenvalue weighted by atomic mass is 10.2. The van der Waals surface area contributed by atoms with Gasteiger partial charge in [0.1, 0.15) is 12.4 Å². The van der Waals surface area contributed by atoms with Crippen molar-refractivity contribution in [1.29, 1.82) is 0 Å². The molecule has 6 nitrogen and oxygen atoms in total. The number of hydrogen-bond donors (Lipinski definition) is 1. The Labute approximate surface area is 100 Å². The van der Waals surface area contributed by atoms with Crippen molar-refractivity contribution in [2.75, 3.05) is 18.8 Å². The quantitative estimate of drug-likeness (QED) is 0.793. The lowest BCUT2D eigenvalue weighted by molar-refractivity contribution is -0.144. The molecule has 2 rings (SSSR count). The normalized spacial score (nSPS) is 24.9. The van der Waals surface area contributed by atoms with Crippen molar-refractivity contribution in [3.05, 3.63) is 12.3 Å². The molecule has 0 saturated carbocycles. The summed E-state index contributed by atoms with van der Waals surface area (Å²) in [6, 6.07) is 1.68. The number of amides is 1. The first-order valence-corrected chi connectivity index (χ1v) is 5.77. The molecule has 1 fully saturated rings. The van der Waals surface area contributed by atoms with Crippen LogP contribution in [0.2, 0.25) is 0 Å². The molecule has 0 aromatic carbocycles. The predicted octanol–water partition coefficient (Wildman–Crippen LogP) is 0.101. The standard InChI is InChI=1S/C11H18N4O2/c1-8-5-14(6-9(2)17-8)11(16)7-15-4-3-10(12)13-15/h3-4,8-9H,5-7H2,1-2H3,(H2,12,13)/t8-,9+. The summed E-state index contributed by atoms with van der Waals surface area (Å²) in [6.07, 6.45) is 1.89. The third-order valence-electron chi connectivity index (χ3n) is 2.73. The van der Waals surface area contributed by atoms with Crippen LogP contribution in [0.3, 0.4) is 0 Å². The largest absolute Gasteiger partial charge is 0.382 e. The number of nitrogens with zero attached hydrogens (tertiary/aromatic N) is 3. The van der Waals surface area contributed by atoms with E-state index in [0.29, 0.717) is 18.9 Å². The maximum absolute atomic E-state index is 12.0. The molecule has 1 aromatic heterocycles. The number of hydrogen-bond acceptors (Lipinski definition) is 4. The molecule has 0 radical (unpaired) electrons. The summed E-state index contributed by atoms with van der Waals surface area (Å²) in [7, 11) is 0. The van der Waals surface area contributed by atoms with Gasteiger partial charge in [-0.15, -0.1) is 0 Å². The first-order chi connectivity index (χ1) is 8.04. The van der Waals surface area contributed by atoms with E-state index >= 15 is 0 Å². The van der Waals surface area contributed by atoms with Gasteiger partial charge in [-0.1, -0.05) is 0 Å². The van der Waals surface area contributed by atoms with Crippen LogP contribution in [-0.2, 0) is 16.1 Å². The Balaban J connectivity index is 1.95. The number of morpholine rings is 1. The SMILES string of the molecule is C[C@@H]1CN(C(=O)Cn2ccc(N)n2)C[C@H](C)O1. The third-order valence-corrected chi connectivity index (χ3v) is 2.73. The number of anilines is 1. The zero-order chi connectivity index (χ0) is 12.4. The van der Waals surface area contributed by atoms with E-state index in [2.05, 4.69) is 5.10 Å². The van der Waals surface area contributed by atoms with Crippen molar-refractivity contribution < 1.29 is 9.53 Å². The van der Waals surface area contributed by atoms with Crippen molar-refractivity contribution >= 4 is 11.7 Å². The lowest BCUT2D eigenvalue weighted by Crippen LogP contribution is -2.49. The molecular weight excluding hydrogens is 220 g/mol. The summed E-state index contributed by atoms with van der Waals surface area (Å²) in [4.78, 5) is 13.9. The summed E-state index contributed by atoms with van der Waals surface area (Å²) >= 11 is 0. The second-order valence-corrected chi connectivity index (χ2v) is 4.49. The van der Waals surface area contributed by atoms with Crippen LogP contribution in [0.25, 0.3) is 0 Å². The van der Waals surface area contributed by atoms with Gasteiger partial charge in [0.25, 0.3) is 0 Å². The predicted molar refractivity (Wildman–Crippen MR) is 63.2 cm³/mol. The fourth-order valence-electron chi connectivity index (χ4n) is 2.09. The van der Waals surface area contributed by atoms with Gasteiger partial charge < -0.3 is 15.4 Å². The number of aromatic nitrogens is 2. The van der Waals surface area contributed by atoms with Crippen molar-refractivity contribution in [3.8, 4) is 0 Å². The third kappa shape index (κ3) is 2.97. The van der Waals surface area contributed by atoms with Crippen LogP contribution in [0.4, 0.5) is 5.82 Å². The minimum atomic E-state index is 0.0510. The van der Waals surface area contributed by atoms with Crippen LogP contribution in [0.15, 0.2) is 12.3 Å². The second kappa shape index (κ2) is 4.75. The van der Waals surface area contributed by atoms with E-state index in [-0.39, 0.29) is 24.7 Å². The van der Waals surface area contributed by atoms with Gasteiger partial charge in [-0.2, -0.15) is 5.10 Å². The number of carbonyl (C=O) groups excluding carboxylic acids is 1. The van der Waals surface area contributed by atoms with Gasteiger partial charge in [0.05, 0.1) is 12.2 Å². The molecule has 1 aliphatic rings. The highest BCUT2D eigenvalue weighted by Gasteiger charge is 2.25. The van der Waals surface area contributed by atoms with Gasteiger partial charge in [-0.3, -0.25) is 9.48 Å². The zero-order valence-electron chi connectivity index (χ0n) is 10.2. The molecule has 1 saturated heterocycles. The molecule has 17 heavy (non-hydrogen) atoms. The van der Waals surface area contributed by atoms with Gasteiger partial charge in [-0.05, 0) is 19.9 Å². The minimum Gasteiger partial charge on any atom is -0.382 e. The minimum absolute atomic E-state index is 0.0510. The average molecular weight is 238 g/mol. The van der Waals surface area contributed by atoms with E-state index in [1.807, 2.05) is 18.7 Å². The molecule has 1 aromatic rings. The Kier molecular flexibility index (Phi) is 3.33. The van der Waals surface area contributed by atoms with Crippen LogP contribution in [-0.4, -0.2) is 45.9 Å². The molecule has 0 aliphatic carbocycles. The Hall–Kier alpha value is -1.56. The molecule has 94 valence electrons. The molecule has 0 spiro atoms. The molecule has 1 amide bonds. The summed E-state index contributed by atoms with van der Waals surface area (Å²) in [5, 5.41) is 4.00. The molecule has 1 aliphatic heterocycles. The molecular formula is C11H18N4O2. The molecule has 2 N–H and O–H groups in total. The van der Waals surface area contributed by atoms with Crippen molar-refractivity contribution in [2.24, 2.45) is 0 Å². The zero-order valence-corrected chi connectivity index (χ0v) is 10.2. The number of nitrogen functional groups attached to an aromatic ring is 1. The van der Waals surface area contributed by atoms with Gasteiger partial charge in [-0.25, -0.2) is 0 Å². The maximum atomic E-state index is 12.0. The number of carbonyl (C=O) groups is 1. The van der Waals surface area contributed by atoms with Crippen LogP contribution in [0.5, 0.6) is 0 Å². The number of ether oxygens (including phenoxy) is 1. The van der Waals surface area contributed by atoms with E-state index < -0.39 is 0 Å². The molecule has 0 bridgehead atoms. The van der Waals surface area contributed by atoms with Gasteiger partial charge in [0.15, 0.2) is 0 Å². The lowest BCUT2D eigenvalue weighted by Gasteiger charge is -2.35. The van der Waals surface area contributed by atoms with Crippen molar-refractivity contribution in [2.45, 2.75) is 32.6 Å². The first-order valence-electron chi connectivity index (χ1n) is 5.77. The Morgan fingerprint density at radius 2 is 2.18 bits per heavy atom. The van der Waals surface area contributed by atoms with Gasteiger partial charge in [0, 0.05) is 19.3 Å². The number of nitrogens with two attached hydrogens (primary N) is 1. The van der Waals surface area contributed by atoms with Crippen molar-refractivity contribution in [3.63, 3.8) is 0 Å². The van der Waals surface area contributed by atoms with Crippen LogP contribution in [0, 0.1) is 0 Å².